The Bertz CT molecular complexity index is 155. The molecule has 3 heteroatoms. The maximum atomic E-state index is 5.87. The summed E-state index contributed by atoms with van der Waals surface area (Å²) in [6.07, 6.45) is 6.36. The Morgan fingerprint density at radius 1 is 1.25 bits per heavy atom. The van der Waals surface area contributed by atoms with E-state index >= 15 is 0 Å². The molecule has 0 aromatic heterocycles. The predicted octanol–water partition coefficient (Wildman–Crippen LogP) is 2.46. The van der Waals surface area contributed by atoms with Crippen molar-refractivity contribution in [2.45, 2.75) is 44.0 Å². The van der Waals surface area contributed by atoms with Crippen LogP contribution in [0.25, 0.3) is 0 Å². The summed E-state index contributed by atoms with van der Waals surface area (Å²) in [4.78, 5) is 0. The van der Waals surface area contributed by atoms with Gasteiger partial charge in [-0.05, 0) is 12.8 Å². The van der Waals surface area contributed by atoms with Gasteiger partial charge in [-0.25, -0.2) is 0 Å². The van der Waals surface area contributed by atoms with Gasteiger partial charge in [0.2, 0.25) is 0 Å². The fourth-order valence-electron chi connectivity index (χ4n) is 2.13. The molecule has 70 valence electrons. The van der Waals surface area contributed by atoms with Crippen LogP contribution in [0.4, 0.5) is 0 Å². The van der Waals surface area contributed by atoms with Crippen LogP contribution in [0.1, 0.15) is 32.1 Å². The van der Waals surface area contributed by atoms with Gasteiger partial charge in [0.1, 0.15) is 0 Å². The first-order valence-corrected chi connectivity index (χ1v) is 5.82. The molecular formula is C9H15BrO2. The van der Waals surface area contributed by atoms with Gasteiger partial charge in [0.05, 0.1) is 17.5 Å². The van der Waals surface area contributed by atoms with Crippen LogP contribution in [0.15, 0.2) is 0 Å². The first-order chi connectivity index (χ1) is 5.85. The fraction of sp³-hybridized carbons (Fsp3) is 1.00. The van der Waals surface area contributed by atoms with E-state index in [0.717, 1.165) is 11.9 Å². The summed E-state index contributed by atoms with van der Waals surface area (Å²) in [6, 6.07) is 0. The summed E-state index contributed by atoms with van der Waals surface area (Å²) in [6.45, 7) is 0.809. The zero-order valence-electron chi connectivity index (χ0n) is 7.22. The molecule has 1 saturated heterocycles. The van der Waals surface area contributed by atoms with Crippen LogP contribution in [0.5, 0.6) is 0 Å². The second kappa shape index (κ2) is 3.64. The van der Waals surface area contributed by atoms with Crippen molar-refractivity contribution in [1.82, 2.24) is 0 Å². The lowest BCUT2D eigenvalue weighted by Gasteiger charge is -2.30. The molecule has 2 nitrogen and oxygen atoms in total. The van der Waals surface area contributed by atoms with Crippen LogP contribution >= 0.6 is 15.9 Å². The van der Waals surface area contributed by atoms with E-state index in [4.69, 9.17) is 9.47 Å². The molecule has 1 saturated carbocycles. The smallest absolute Gasteiger partial charge is 0.168 e. The minimum Gasteiger partial charge on any atom is -0.349 e. The Balaban J connectivity index is 1.94. The minimum atomic E-state index is 0.00287. The number of ether oxygens (including phenoxy) is 2. The normalized spacial score (nSPS) is 34.2. The summed E-state index contributed by atoms with van der Waals surface area (Å²) < 4.78 is 11.4. The minimum absolute atomic E-state index is 0.00287. The standard InChI is InChI=1S/C9H15BrO2/c10-6-8-11-7-9(12-8)4-2-1-3-5-9/h8H,1-7H2. The Labute approximate surface area is 81.7 Å². The van der Waals surface area contributed by atoms with Crippen LogP contribution < -0.4 is 0 Å². The predicted molar refractivity (Wildman–Crippen MR) is 50.4 cm³/mol. The Morgan fingerprint density at radius 3 is 2.58 bits per heavy atom. The van der Waals surface area contributed by atoms with Gasteiger partial charge in [0, 0.05) is 0 Å². The lowest BCUT2D eigenvalue weighted by molar-refractivity contribution is -0.0848. The highest BCUT2D eigenvalue weighted by molar-refractivity contribution is 9.09. The summed E-state index contributed by atoms with van der Waals surface area (Å²) in [5, 5.41) is 0.800. The van der Waals surface area contributed by atoms with Crippen molar-refractivity contribution in [3.63, 3.8) is 0 Å². The number of hydrogen-bond donors (Lipinski definition) is 0. The molecule has 0 aromatic rings. The molecule has 0 radical (unpaired) electrons. The molecule has 1 heterocycles. The van der Waals surface area contributed by atoms with Gasteiger partial charge >= 0.3 is 0 Å². The third-order valence-corrected chi connectivity index (χ3v) is 3.33. The van der Waals surface area contributed by atoms with Gasteiger partial charge in [-0.3, -0.25) is 0 Å². The molecule has 2 rings (SSSR count). The lowest BCUT2D eigenvalue weighted by Crippen LogP contribution is -2.34. The monoisotopic (exact) mass is 234 g/mol. The van der Waals surface area contributed by atoms with Crippen LogP contribution in [0, 0.1) is 0 Å². The number of hydrogen-bond acceptors (Lipinski definition) is 2. The largest absolute Gasteiger partial charge is 0.349 e. The van der Waals surface area contributed by atoms with E-state index in [9.17, 15) is 0 Å². The van der Waals surface area contributed by atoms with Crippen molar-refractivity contribution >= 4 is 15.9 Å². The third kappa shape index (κ3) is 1.68. The second-order valence-corrected chi connectivity index (χ2v) is 4.40. The number of rotatable bonds is 1. The van der Waals surface area contributed by atoms with Crippen LogP contribution in [0.2, 0.25) is 0 Å². The molecule has 0 N–H and O–H groups in total. The van der Waals surface area contributed by atoms with Gasteiger partial charge in [0.25, 0.3) is 0 Å². The van der Waals surface area contributed by atoms with E-state index < -0.39 is 0 Å². The van der Waals surface area contributed by atoms with E-state index in [0.29, 0.717) is 0 Å². The fourth-order valence-corrected chi connectivity index (χ4v) is 2.45. The van der Waals surface area contributed by atoms with Crippen LogP contribution in [0.3, 0.4) is 0 Å². The van der Waals surface area contributed by atoms with Crippen LogP contribution in [-0.4, -0.2) is 23.8 Å². The van der Waals surface area contributed by atoms with E-state index in [-0.39, 0.29) is 11.9 Å². The zero-order valence-corrected chi connectivity index (χ0v) is 8.81. The van der Waals surface area contributed by atoms with Crippen molar-refractivity contribution in [3.05, 3.63) is 0 Å². The van der Waals surface area contributed by atoms with Gasteiger partial charge in [0.15, 0.2) is 6.29 Å². The highest BCUT2D eigenvalue weighted by Gasteiger charge is 2.41. The first kappa shape index (κ1) is 8.97. The average molecular weight is 235 g/mol. The van der Waals surface area contributed by atoms with Crippen molar-refractivity contribution in [3.8, 4) is 0 Å². The second-order valence-electron chi connectivity index (χ2n) is 3.76. The maximum absolute atomic E-state index is 5.87. The molecule has 1 spiro atoms. The van der Waals surface area contributed by atoms with E-state index in [1.165, 1.54) is 32.1 Å². The van der Waals surface area contributed by atoms with Crippen molar-refractivity contribution in [2.75, 3.05) is 11.9 Å². The van der Waals surface area contributed by atoms with E-state index in [1.807, 2.05) is 0 Å². The Kier molecular flexibility index (Phi) is 2.72. The molecule has 0 amide bonds. The molecule has 12 heavy (non-hydrogen) atoms. The molecule has 2 fully saturated rings. The summed E-state index contributed by atoms with van der Waals surface area (Å²) in [5.74, 6) is 0. The average Bonchev–Trinajstić information content (AvgIpc) is 2.50. The molecule has 1 unspecified atom stereocenters. The molecule has 1 aliphatic carbocycles. The molecule has 0 bridgehead atoms. The number of alkyl halides is 1. The Hall–Kier alpha value is 0.400. The SMILES string of the molecule is BrCC1OCC2(CCCCC2)O1. The summed E-state index contributed by atoms with van der Waals surface area (Å²) in [7, 11) is 0. The van der Waals surface area contributed by atoms with E-state index in [1.54, 1.807) is 0 Å². The quantitative estimate of drug-likeness (QED) is 0.650. The topological polar surface area (TPSA) is 18.5 Å². The molecule has 1 atom stereocenters. The highest BCUT2D eigenvalue weighted by atomic mass is 79.9. The zero-order chi connectivity index (χ0) is 8.44. The van der Waals surface area contributed by atoms with Gasteiger partial charge < -0.3 is 9.47 Å². The summed E-state index contributed by atoms with van der Waals surface area (Å²) >= 11 is 3.38. The number of halogens is 1. The molecule has 1 aliphatic heterocycles. The highest BCUT2D eigenvalue weighted by Crippen LogP contribution is 2.37. The van der Waals surface area contributed by atoms with Crippen LogP contribution in [-0.2, 0) is 9.47 Å². The third-order valence-electron chi connectivity index (χ3n) is 2.80. The van der Waals surface area contributed by atoms with Gasteiger partial charge in [-0.15, -0.1) is 0 Å². The lowest BCUT2D eigenvalue weighted by atomic mass is 9.86. The first-order valence-electron chi connectivity index (χ1n) is 4.70. The molecule has 2 aliphatic rings. The molecule has 0 aromatic carbocycles. The van der Waals surface area contributed by atoms with Gasteiger partial charge in [-0.1, -0.05) is 35.2 Å². The molecular weight excluding hydrogens is 220 g/mol. The Morgan fingerprint density at radius 2 is 2.00 bits per heavy atom. The van der Waals surface area contributed by atoms with E-state index in [2.05, 4.69) is 15.9 Å². The van der Waals surface area contributed by atoms with Gasteiger partial charge in [-0.2, -0.15) is 0 Å². The van der Waals surface area contributed by atoms with Crippen molar-refractivity contribution < 1.29 is 9.47 Å². The van der Waals surface area contributed by atoms with Crippen molar-refractivity contribution in [2.24, 2.45) is 0 Å². The van der Waals surface area contributed by atoms with Crippen molar-refractivity contribution in [1.29, 1.82) is 0 Å². The maximum Gasteiger partial charge on any atom is 0.168 e. The summed E-state index contributed by atoms with van der Waals surface area (Å²) in [5.41, 5.74) is 0.0939.